The lowest BCUT2D eigenvalue weighted by Gasteiger charge is -2.28. The number of benzene rings is 1. The summed E-state index contributed by atoms with van der Waals surface area (Å²) in [6.07, 6.45) is 7.64. The van der Waals surface area contributed by atoms with Gasteiger partial charge in [-0.15, -0.1) is 0 Å². The van der Waals surface area contributed by atoms with Gasteiger partial charge in [0.05, 0.1) is 0 Å². The van der Waals surface area contributed by atoms with Gasteiger partial charge in [-0.2, -0.15) is 11.8 Å². The highest BCUT2D eigenvalue weighted by atomic mass is 32.2. The molecule has 1 N–H and O–H groups in total. The van der Waals surface area contributed by atoms with Crippen molar-refractivity contribution in [3.8, 4) is 0 Å². The molecule has 2 nitrogen and oxygen atoms in total. The van der Waals surface area contributed by atoms with Crippen molar-refractivity contribution >= 4 is 22.7 Å². The van der Waals surface area contributed by atoms with Gasteiger partial charge in [-0.1, -0.05) is 18.2 Å². The van der Waals surface area contributed by atoms with E-state index < -0.39 is 0 Å². The number of thioether (sulfide) groups is 1. The average Bonchev–Trinajstić information content (AvgIpc) is 2.78. The number of nitrogens with zero attached hydrogens (tertiary/aromatic N) is 1. The molecular formula is C18H26N2S. The number of aromatic nitrogens is 1. The van der Waals surface area contributed by atoms with E-state index in [2.05, 4.69) is 54.4 Å². The second-order valence-corrected chi connectivity index (χ2v) is 7.38. The fourth-order valence-electron chi connectivity index (χ4n) is 3.63. The molecule has 1 aromatic heterocycles. The summed E-state index contributed by atoms with van der Waals surface area (Å²) in [7, 11) is 2.19. The van der Waals surface area contributed by atoms with Gasteiger partial charge in [0.15, 0.2) is 0 Å². The van der Waals surface area contributed by atoms with E-state index in [0.29, 0.717) is 6.04 Å². The third-order valence-corrected chi connectivity index (χ3v) is 6.21. The molecule has 1 fully saturated rings. The Kier molecular flexibility index (Phi) is 4.60. The molecule has 3 rings (SSSR count). The number of hydrogen-bond acceptors (Lipinski definition) is 2. The molecule has 0 amide bonds. The average molecular weight is 302 g/mol. The third kappa shape index (κ3) is 3.00. The van der Waals surface area contributed by atoms with Crippen molar-refractivity contribution in [2.24, 2.45) is 7.05 Å². The van der Waals surface area contributed by atoms with Crippen LogP contribution in [0.5, 0.6) is 0 Å². The maximum Gasteiger partial charge on any atom is 0.0483 e. The summed E-state index contributed by atoms with van der Waals surface area (Å²) in [4.78, 5) is 0. The first-order valence-corrected chi connectivity index (χ1v) is 9.28. The summed E-state index contributed by atoms with van der Waals surface area (Å²) in [5.74, 6) is 0. The van der Waals surface area contributed by atoms with Crippen molar-refractivity contribution in [1.82, 2.24) is 9.88 Å². The molecule has 114 valence electrons. The van der Waals surface area contributed by atoms with Crippen LogP contribution in [0.15, 0.2) is 24.3 Å². The SMILES string of the molecule is CSC1CCC(NCc2c(C)c3ccccc3n2C)CC1. The van der Waals surface area contributed by atoms with E-state index >= 15 is 0 Å². The highest BCUT2D eigenvalue weighted by molar-refractivity contribution is 7.99. The van der Waals surface area contributed by atoms with E-state index in [4.69, 9.17) is 0 Å². The molecule has 1 heterocycles. The first-order chi connectivity index (χ1) is 10.2. The molecular weight excluding hydrogens is 276 g/mol. The maximum absolute atomic E-state index is 3.80. The third-order valence-electron chi connectivity index (χ3n) is 5.07. The second-order valence-electron chi connectivity index (χ2n) is 6.24. The predicted molar refractivity (Wildman–Crippen MR) is 94.1 cm³/mol. The van der Waals surface area contributed by atoms with Gasteiger partial charge in [-0.25, -0.2) is 0 Å². The van der Waals surface area contributed by atoms with Crippen molar-refractivity contribution in [3.05, 3.63) is 35.5 Å². The van der Waals surface area contributed by atoms with Crippen molar-refractivity contribution in [2.75, 3.05) is 6.26 Å². The Morgan fingerprint density at radius 1 is 1.19 bits per heavy atom. The summed E-state index contributed by atoms with van der Waals surface area (Å²) >= 11 is 2.04. The molecule has 1 aliphatic rings. The molecule has 1 saturated carbocycles. The van der Waals surface area contributed by atoms with Crippen LogP contribution >= 0.6 is 11.8 Å². The lowest BCUT2D eigenvalue weighted by atomic mass is 9.95. The zero-order valence-electron chi connectivity index (χ0n) is 13.4. The number of rotatable bonds is 4. The van der Waals surface area contributed by atoms with E-state index in [1.807, 2.05) is 11.8 Å². The topological polar surface area (TPSA) is 17.0 Å². The molecule has 1 aliphatic carbocycles. The van der Waals surface area contributed by atoms with E-state index in [1.54, 1.807) is 0 Å². The van der Waals surface area contributed by atoms with Crippen LogP contribution < -0.4 is 5.32 Å². The Balaban J connectivity index is 1.69. The zero-order chi connectivity index (χ0) is 14.8. The van der Waals surface area contributed by atoms with Gasteiger partial charge in [-0.3, -0.25) is 0 Å². The van der Waals surface area contributed by atoms with Gasteiger partial charge in [-0.05, 0) is 50.5 Å². The van der Waals surface area contributed by atoms with Crippen LogP contribution in [0.3, 0.4) is 0 Å². The minimum absolute atomic E-state index is 0.700. The maximum atomic E-state index is 3.80. The van der Waals surface area contributed by atoms with Gasteiger partial charge in [0.25, 0.3) is 0 Å². The second kappa shape index (κ2) is 6.45. The van der Waals surface area contributed by atoms with Crippen LogP contribution in [0, 0.1) is 6.92 Å². The van der Waals surface area contributed by atoms with E-state index in [-0.39, 0.29) is 0 Å². The highest BCUT2D eigenvalue weighted by Crippen LogP contribution is 2.28. The molecule has 1 aromatic carbocycles. The molecule has 3 heteroatoms. The lowest BCUT2D eigenvalue weighted by molar-refractivity contribution is 0.376. The molecule has 0 aliphatic heterocycles. The van der Waals surface area contributed by atoms with Crippen molar-refractivity contribution in [1.29, 1.82) is 0 Å². The number of fused-ring (bicyclic) bond motifs is 1. The van der Waals surface area contributed by atoms with Gasteiger partial charge < -0.3 is 9.88 Å². The zero-order valence-corrected chi connectivity index (χ0v) is 14.2. The van der Waals surface area contributed by atoms with E-state index in [9.17, 15) is 0 Å². The van der Waals surface area contributed by atoms with Crippen LogP contribution in [0.2, 0.25) is 0 Å². The van der Waals surface area contributed by atoms with Gasteiger partial charge in [0.2, 0.25) is 0 Å². The minimum Gasteiger partial charge on any atom is -0.346 e. The molecule has 0 saturated heterocycles. The van der Waals surface area contributed by atoms with Crippen molar-refractivity contribution in [2.45, 2.75) is 50.4 Å². The Labute approximate surface area is 132 Å². The fraction of sp³-hybridized carbons (Fsp3) is 0.556. The molecule has 0 bridgehead atoms. The number of para-hydroxylation sites is 1. The van der Waals surface area contributed by atoms with E-state index in [1.165, 1.54) is 47.8 Å². The smallest absolute Gasteiger partial charge is 0.0483 e. The Bertz CT molecular complexity index is 570. The summed E-state index contributed by atoms with van der Waals surface area (Å²) in [5.41, 5.74) is 4.21. The van der Waals surface area contributed by atoms with Crippen LogP contribution in [-0.2, 0) is 13.6 Å². The Morgan fingerprint density at radius 3 is 2.57 bits per heavy atom. The van der Waals surface area contributed by atoms with Gasteiger partial charge in [0.1, 0.15) is 0 Å². The predicted octanol–water partition coefficient (Wildman–Crippen LogP) is 4.25. The minimum atomic E-state index is 0.700. The normalized spacial score (nSPS) is 22.8. The van der Waals surface area contributed by atoms with Crippen LogP contribution in [-0.4, -0.2) is 22.1 Å². The van der Waals surface area contributed by atoms with Crippen molar-refractivity contribution in [3.63, 3.8) is 0 Å². The quantitative estimate of drug-likeness (QED) is 0.909. The monoisotopic (exact) mass is 302 g/mol. The van der Waals surface area contributed by atoms with Crippen LogP contribution in [0.1, 0.15) is 36.9 Å². The Morgan fingerprint density at radius 2 is 1.90 bits per heavy atom. The fourth-order valence-corrected chi connectivity index (χ4v) is 4.37. The number of aryl methyl sites for hydroxylation is 2. The first kappa shape index (κ1) is 15.0. The van der Waals surface area contributed by atoms with Crippen molar-refractivity contribution < 1.29 is 0 Å². The summed E-state index contributed by atoms with van der Waals surface area (Å²) in [6.45, 7) is 3.25. The molecule has 2 aromatic rings. The standard InChI is InChI=1S/C18H26N2S/c1-13-16-6-4-5-7-17(16)20(2)18(13)12-19-14-8-10-15(21-3)11-9-14/h4-7,14-15,19H,8-12H2,1-3H3. The number of hydrogen-bond donors (Lipinski definition) is 1. The van der Waals surface area contributed by atoms with E-state index in [0.717, 1.165) is 11.8 Å². The summed E-state index contributed by atoms with van der Waals surface area (Å²) in [6, 6.07) is 9.41. The first-order valence-electron chi connectivity index (χ1n) is 7.99. The largest absolute Gasteiger partial charge is 0.346 e. The van der Waals surface area contributed by atoms with Crippen LogP contribution in [0.25, 0.3) is 10.9 Å². The molecule has 0 radical (unpaired) electrons. The van der Waals surface area contributed by atoms with Gasteiger partial charge in [0, 0.05) is 41.5 Å². The summed E-state index contributed by atoms with van der Waals surface area (Å²) in [5, 5.41) is 6.08. The highest BCUT2D eigenvalue weighted by Gasteiger charge is 2.20. The van der Waals surface area contributed by atoms with Gasteiger partial charge >= 0.3 is 0 Å². The molecule has 21 heavy (non-hydrogen) atoms. The van der Waals surface area contributed by atoms with Crippen LogP contribution in [0.4, 0.5) is 0 Å². The lowest BCUT2D eigenvalue weighted by Crippen LogP contribution is -2.34. The molecule has 0 spiro atoms. The molecule has 0 unspecified atom stereocenters. The number of nitrogens with one attached hydrogen (secondary N) is 1. The molecule has 0 atom stereocenters. The Hall–Kier alpha value is -0.930. The summed E-state index contributed by atoms with van der Waals surface area (Å²) < 4.78 is 2.35.